The van der Waals surface area contributed by atoms with Crippen LogP contribution in [0.2, 0.25) is 0 Å². The van der Waals surface area contributed by atoms with Gasteiger partial charge >= 0.3 is 6.18 Å². The molecule has 1 aromatic carbocycles. The second-order valence-electron chi connectivity index (χ2n) is 7.70. The number of likely N-dealkylation sites (tertiary alicyclic amines) is 1. The predicted octanol–water partition coefficient (Wildman–Crippen LogP) is 1.57. The van der Waals surface area contributed by atoms with Crippen molar-refractivity contribution in [1.29, 1.82) is 0 Å². The van der Waals surface area contributed by atoms with E-state index in [-0.39, 0.29) is 17.3 Å². The molecular weight excluding hydrogens is 437 g/mol. The van der Waals surface area contributed by atoms with Crippen molar-refractivity contribution < 1.29 is 31.2 Å². The first-order chi connectivity index (χ1) is 14.3. The number of carbonyl (C=O) groups excluding carboxylic acids is 2. The fourth-order valence-corrected chi connectivity index (χ4v) is 4.39. The van der Waals surface area contributed by atoms with Crippen LogP contribution < -0.4 is 10.6 Å². The summed E-state index contributed by atoms with van der Waals surface area (Å²) in [4.78, 5) is 26.1. The number of rotatable bonds is 7. The van der Waals surface area contributed by atoms with E-state index in [4.69, 9.17) is 0 Å². The van der Waals surface area contributed by atoms with E-state index < -0.39 is 34.6 Å². The number of carbonyl (C=O) groups is 2. The minimum absolute atomic E-state index is 0.0283. The molecule has 0 radical (unpaired) electrons. The van der Waals surface area contributed by atoms with E-state index in [0.29, 0.717) is 37.2 Å². The summed E-state index contributed by atoms with van der Waals surface area (Å²) in [6, 6.07) is 4.62. The first kappa shape index (κ1) is 25.1. The van der Waals surface area contributed by atoms with Crippen LogP contribution in [0.1, 0.15) is 18.4 Å². The Balaban J connectivity index is 1.89. The second-order valence-corrected chi connectivity index (χ2v) is 9.82. The van der Waals surface area contributed by atoms with Gasteiger partial charge in [-0.15, -0.1) is 0 Å². The number of hydrogen-bond acceptors (Lipinski definition) is 5. The van der Waals surface area contributed by atoms with E-state index in [2.05, 4.69) is 5.32 Å². The van der Waals surface area contributed by atoms with Gasteiger partial charge in [-0.2, -0.15) is 13.2 Å². The number of anilines is 1. The molecule has 12 heteroatoms. The molecule has 1 aromatic rings. The third-order valence-corrected chi connectivity index (χ3v) is 6.98. The van der Waals surface area contributed by atoms with Gasteiger partial charge in [0.15, 0.2) is 0 Å². The molecule has 0 saturated carbocycles. The van der Waals surface area contributed by atoms with Crippen molar-refractivity contribution in [3.63, 3.8) is 0 Å². The number of amides is 2. The van der Waals surface area contributed by atoms with E-state index in [1.54, 1.807) is 24.0 Å². The number of alkyl halides is 3. The molecule has 1 aliphatic rings. The molecule has 2 amide bonds. The summed E-state index contributed by atoms with van der Waals surface area (Å²) < 4.78 is 62.6. The standard InChI is InChI=1S/C19H27F3N4O4S/c1-13-4-5-15(10-16(13)31(29,30)25(2)3)24-17(27)11-26-8-6-14(7-9-26)18(28)23-12-19(20,21)22/h4-5,10,14H,6-9,11-12H2,1-3H3,(H,23,28)(H,24,27). The Kier molecular flexibility index (Phi) is 8.06. The maximum absolute atomic E-state index is 12.4. The Morgan fingerprint density at radius 2 is 1.81 bits per heavy atom. The first-order valence-electron chi connectivity index (χ1n) is 9.69. The van der Waals surface area contributed by atoms with Crippen molar-refractivity contribution in [3.05, 3.63) is 23.8 Å². The molecule has 31 heavy (non-hydrogen) atoms. The van der Waals surface area contributed by atoms with Gasteiger partial charge in [-0.05, 0) is 50.6 Å². The lowest BCUT2D eigenvalue weighted by Crippen LogP contribution is -2.44. The molecule has 2 rings (SSSR count). The number of halogens is 3. The summed E-state index contributed by atoms with van der Waals surface area (Å²) in [6.45, 7) is 1.13. The van der Waals surface area contributed by atoms with Crippen molar-refractivity contribution in [3.8, 4) is 0 Å². The molecule has 1 saturated heterocycles. The summed E-state index contributed by atoms with van der Waals surface area (Å²) in [7, 11) is -0.811. The molecule has 0 atom stereocenters. The highest BCUT2D eigenvalue weighted by Gasteiger charge is 2.31. The van der Waals surface area contributed by atoms with Crippen LogP contribution in [0.3, 0.4) is 0 Å². The quantitative estimate of drug-likeness (QED) is 0.639. The molecule has 1 fully saturated rings. The lowest BCUT2D eigenvalue weighted by atomic mass is 9.96. The van der Waals surface area contributed by atoms with E-state index in [1.165, 1.54) is 20.2 Å². The van der Waals surface area contributed by atoms with E-state index in [1.807, 2.05) is 5.32 Å². The van der Waals surface area contributed by atoms with Crippen LogP contribution in [0.5, 0.6) is 0 Å². The molecule has 0 aliphatic carbocycles. The van der Waals surface area contributed by atoms with E-state index in [0.717, 1.165) is 4.31 Å². The van der Waals surface area contributed by atoms with Crippen molar-refractivity contribution in [2.24, 2.45) is 5.92 Å². The lowest BCUT2D eigenvalue weighted by molar-refractivity contribution is -0.141. The molecule has 1 heterocycles. The highest BCUT2D eigenvalue weighted by atomic mass is 32.2. The van der Waals surface area contributed by atoms with Crippen LogP contribution in [0.15, 0.2) is 23.1 Å². The average Bonchev–Trinajstić information content (AvgIpc) is 2.67. The number of sulfonamides is 1. The van der Waals surface area contributed by atoms with Gasteiger partial charge in [0.05, 0.1) is 11.4 Å². The molecule has 0 bridgehead atoms. The Bertz CT molecular complexity index is 911. The van der Waals surface area contributed by atoms with Crippen molar-refractivity contribution in [1.82, 2.24) is 14.5 Å². The summed E-state index contributed by atoms with van der Waals surface area (Å²) >= 11 is 0. The Labute approximate surface area is 179 Å². The fraction of sp³-hybridized carbons (Fsp3) is 0.579. The molecule has 0 aromatic heterocycles. The highest BCUT2D eigenvalue weighted by molar-refractivity contribution is 7.89. The maximum Gasteiger partial charge on any atom is 0.405 e. The van der Waals surface area contributed by atoms with Crippen LogP contribution in [-0.4, -0.2) is 75.9 Å². The Hall–Kier alpha value is -2.18. The van der Waals surface area contributed by atoms with Crippen LogP contribution in [0.4, 0.5) is 18.9 Å². The summed E-state index contributed by atoms with van der Waals surface area (Å²) in [5, 5.41) is 4.57. The zero-order chi connectivity index (χ0) is 23.4. The molecule has 0 unspecified atom stereocenters. The van der Waals surface area contributed by atoms with Crippen molar-refractivity contribution in [2.75, 3.05) is 45.6 Å². The molecule has 0 spiro atoms. The van der Waals surface area contributed by atoms with Crippen molar-refractivity contribution in [2.45, 2.75) is 30.8 Å². The number of hydrogen-bond donors (Lipinski definition) is 2. The van der Waals surface area contributed by atoms with Gasteiger partial charge in [-0.1, -0.05) is 6.07 Å². The number of aryl methyl sites for hydroxylation is 1. The second kappa shape index (κ2) is 9.96. The molecule has 174 valence electrons. The average molecular weight is 465 g/mol. The zero-order valence-electron chi connectivity index (χ0n) is 17.6. The number of nitrogens with one attached hydrogen (secondary N) is 2. The van der Waals surface area contributed by atoms with Crippen LogP contribution in [0.25, 0.3) is 0 Å². The topological polar surface area (TPSA) is 98.8 Å². The Morgan fingerprint density at radius 3 is 2.35 bits per heavy atom. The number of nitrogens with zero attached hydrogens (tertiary/aromatic N) is 2. The normalized spacial score (nSPS) is 16.4. The van der Waals surface area contributed by atoms with E-state index >= 15 is 0 Å². The number of benzene rings is 1. The maximum atomic E-state index is 12.4. The van der Waals surface area contributed by atoms with Crippen LogP contribution in [0, 0.1) is 12.8 Å². The van der Waals surface area contributed by atoms with Gasteiger partial charge in [-0.25, -0.2) is 12.7 Å². The minimum atomic E-state index is -4.45. The Morgan fingerprint density at radius 1 is 1.19 bits per heavy atom. The molecule has 8 nitrogen and oxygen atoms in total. The number of piperidine rings is 1. The monoisotopic (exact) mass is 464 g/mol. The van der Waals surface area contributed by atoms with Gasteiger partial charge in [0.25, 0.3) is 0 Å². The highest BCUT2D eigenvalue weighted by Crippen LogP contribution is 2.23. The third-order valence-electron chi connectivity index (χ3n) is 5.02. The summed E-state index contributed by atoms with van der Waals surface area (Å²) in [5.41, 5.74) is 0.898. The SMILES string of the molecule is Cc1ccc(NC(=O)CN2CCC(C(=O)NCC(F)(F)F)CC2)cc1S(=O)(=O)N(C)C. The third kappa shape index (κ3) is 7.18. The van der Waals surface area contributed by atoms with Crippen LogP contribution >= 0.6 is 0 Å². The minimum Gasteiger partial charge on any atom is -0.347 e. The predicted molar refractivity (Wildman–Crippen MR) is 109 cm³/mol. The first-order valence-corrected chi connectivity index (χ1v) is 11.1. The summed E-state index contributed by atoms with van der Waals surface area (Å²) in [6.07, 6.45) is -3.74. The van der Waals surface area contributed by atoms with Crippen molar-refractivity contribution >= 4 is 27.5 Å². The lowest BCUT2D eigenvalue weighted by Gasteiger charge is -2.30. The van der Waals surface area contributed by atoms with Gasteiger partial charge in [0.2, 0.25) is 21.8 Å². The van der Waals surface area contributed by atoms with Gasteiger partial charge in [0, 0.05) is 25.7 Å². The van der Waals surface area contributed by atoms with Gasteiger partial charge in [0.1, 0.15) is 6.54 Å². The smallest absolute Gasteiger partial charge is 0.347 e. The van der Waals surface area contributed by atoms with Gasteiger partial charge in [-0.3, -0.25) is 14.5 Å². The van der Waals surface area contributed by atoms with Crippen LogP contribution in [-0.2, 0) is 19.6 Å². The largest absolute Gasteiger partial charge is 0.405 e. The summed E-state index contributed by atoms with van der Waals surface area (Å²) in [5.74, 6) is -1.50. The molecule has 1 aliphatic heterocycles. The zero-order valence-corrected chi connectivity index (χ0v) is 18.4. The fourth-order valence-electron chi connectivity index (χ4n) is 3.24. The molecular formula is C19H27F3N4O4S. The van der Waals surface area contributed by atoms with Gasteiger partial charge < -0.3 is 10.6 Å². The van der Waals surface area contributed by atoms with E-state index in [9.17, 15) is 31.2 Å². The molecule has 2 N–H and O–H groups in total.